The number of rotatable bonds is 7. The van der Waals surface area contributed by atoms with Gasteiger partial charge in [0.05, 0.1) is 12.2 Å². The number of nitrogens with one attached hydrogen (secondary N) is 1. The Morgan fingerprint density at radius 1 is 1.27 bits per heavy atom. The van der Waals surface area contributed by atoms with Crippen molar-refractivity contribution in [2.75, 3.05) is 18.5 Å². The molecular weight excluding hydrogens is 390 g/mol. The van der Waals surface area contributed by atoms with Crippen molar-refractivity contribution in [3.8, 4) is 17.1 Å². The maximum Gasteiger partial charge on any atom is 0.200 e. The molecule has 1 aromatic heterocycles. The number of nitrogens with zero attached hydrogens (tertiary/aromatic N) is 3. The molecule has 2 aromatic carbocycles. The van der Waals surface area contributed by atoms with Gasteiger partial charge in [0.25, 0.3) is 0 Å². The largest absolute Gasteiger partial charge is 0.401 e. The van der Waals surface area contributed by atoms with Gasteiger partial charge in [0.1, 0.15) is 0 Å². The Morgan fingerprint density at radius 3 is 2.63 bits per heavy atom. The van der Waals surface area contributed by atoms with Gasteiger partial charge < -0.3 is 10.6 Å². The molecule has 0 saturated heterocycles. The molecule has 1 heterocycles. The van der Waals surface area contributed by atoms with Gasteiger partial charge in [0, 0.05) is 24.0 Å². The molecule has 0 aliphatic rings. The summed E-state index contributed by atoms with van der Waals surface area (Å²) in [6, 6.07) is 12.9. The SMILES string of the molecule is C=C(N)CN(C)c1cc(-n2c(-c3cc(C(C)C)ccc3C)n[nH]c2=S)ccc1CC. The fourth-order valence-corrected chi connectivity index (χ4v) is 3.93. The van der Waals surface area contributed by atoms with Crippen LogP contribution in [0.3, 0.4) is 0 Å². The Bertz CT molecular complexity index is 1120. The molecule has 0 aliphatic heterocycles. The third-order valence-electron chi connectivity index (χ3n) is 5.40. The van der Waals surface area contributed by atoms with Crippen molar-refractivity contribution in [3.05, 3.63) is 70.1 Å². The number of nitrogens with two attached hydrogens (primary N) is 1. The molecule has 0 atom stereocenters. The number of likely N-dealkylation sites (N-methyl/N-ethyl adjacent to an activating group) is 1. The summed E-state index contributed by atoms with van der Waals surface area (Å²) in [6.07, 6.45) is 0.927. The molecule has 0 spiro atoms. The van der Waals surface area contributed by atoms with E-state index in [1.54, 1.807) is 0 Å². The molecule has 0 fully saturated rings. The number of hydrogen-bond donors (Lipinski definition) is 2. The summed E-state index contributed by atoms with van der Waals surface area (Å²) in [7, 11) is 2.03. The van der Waals surface area contributed by atoms with Gasteiger partial charge >= 0.3 is 0 Å². The Balaban J connectivity index is 2.18. The van der Waals surface area contributed by atoms with Gasteiger partial charge in [-0.15, -0.1) is 0 Å². The minimum Gasteiger partial charge on any atom is -0.401 e. The Labute approximate surface area is 184 Å². The summed E-state index contributed by atoms with van der Waals surface area (Å²) >= 11 is 5.62. The van der Waals surface area contributed by atoms with Crippen LogP contribution in [0.15, 0.2) is 48.7 Å². The number of aromatic nitrogens is 3. The second-order valence-corrected chi connectivity index (χ2v) is 8.48. The van der Waals surface area contributed by atoms with Crippen LogP contribution in [0.25, 0.3) is 17.1 Å². The van der Waals surface area contributed by atoms with Crippen molar-refractivity contribution in [1.29, 1.82) is 0 Å². The first kappa shape index (κ1) is 21.8. The number of hydrogen-bond acceptors (Lipinski definition) is 4. The predicted molar refractivity (Wildman–Crippen MR) is 129 cm³/mol. The predicted octanol–water partition coefficient (Wildman–Crippen LogP) is 5.50. The van der Waals surface area contributed by atoms with Crippen LogP contribution in [0.2, 0.25) is 0 Å². The standard InChI is InChI=1S/C24H31N5S/c1-7-18-10-11-20(13-22(18)28(6)14-17(5)25)29-23(26-27-24(29)30)21-12-19(15(2)3)9-8-16(21)4/h8-13,15H,5,7,14,25H2,1-4,6H3,(H,27,30). The van der Waals surface area contributed by atoms with E-state index in [1.165, 1.54) is 11.1 Å². The Hall–Kier alpha value is -2.86. The highest BCUT2D eigenvalue weighted by Gasteiger charge is 2.16. The summed E-state index contributed by atoms with van der Waals surface area (Å²) in [4.78, 5) is 2.12. The number of aromatic amines is 1. The molecule has 6 heteroatoms. The quantitative estimate of drug-likeness (QED) is 0.495. The van der Waals surface area contributed by atoms with E-state index in [-0.39, 0.29) is 0 Å². The van der Waals surface area contributed by atoms with Gasteiger partial charge in [-0.1, -0.05) is 45.5 Å². The summed E-state index contributed by atoms with van der Waals surface area (Å²) in [5.74, 6) is 1.26. The molecule has 0 bridgehead atoms. The van der Waals surface area contributed by atoms with Crippen LogP contribution >= 0.6 is 12.2 Å². The average Bonchev–Trinajstić information content (AvgIpc) is 3.08. The van der Waals surface area contributed by atoms with Gasteiger partial charge in [-0.3, -0.25) is 9.67 Å². The summed E-state index contributed by atoms with van der Waals surface area (Å²) in [5.41, 5.74) is 13.3. The molecule has 3 N–H and O–H groups in total. The molecule has 158 valence electrons. The normalized spacial score (nSPS) is 11.1. The molecule has 0 amide bonds. The first-order valence-corrected chi connectivity index (χ1v) is 10.7. The average molecular weight is 422 g/mol. The summed E-state index contributed by atoms with van der Waals surface area (Å²) < 4.78 is 2.58. The number of anilines is 1. The van der Waals surface area contributed by atoms with Crippen LogP contribution in [0.5, 0.6) is 0 Å². The minimum atomic E-state index is 0.438. The smallest absolute Gasteiger partial charge is 0.200 e. The third-order valence-corrected chi connectivity index (χ3v) is 5.67. The molecule has 0 unspecified atom stereocenters. The van der Waals surface area contributed by atoms with E-state index in [1.807, 2.05) is 11.6 Å². The zero-order chi connectivity index (χ0) is 22.0. The van der Waals surface area contributed by atoms with Gasteiger partial charge in [-0.05, 0) is 66.4 Å². The highest BCUT2D eigenvalue weighted by atomic mass is 32.1. The molecule has 5 nitrogen and oxygen atoms in total. The van der Waals surface area contributed by atoms with Crippen LogP contribution in [0.1, 0.15) is 43.4 Å². The van der Waals surface area contributed by atoms with Crippen LogP contribution < -0.4 is 10.6 Å². The molecule has 3 rings (SSSR count). The van der Waals surface area contributed by atoms with E-state index in [2.05, 4.69) is 85.8 Å². The van der Waals surface area contributed by atoms with Crippen LogP contribution in [0.4, 0.5) is 5.69 Å². The highest BCUT2D eigenvalue weighted by molar-refractivity contribution is 7.71. The Morgan fingerprint density at radius 2 is 2.00 bits per heavy atom. The van der Waals surface area contributed by atoms with Crippen molar-refractivity contribution in [3.63, 3.8) is 0 Å². The van der Waals surface area contributed by atoms with E-state index >= 15 is 0 Å². The van der Waals surface area contributed by atoms with E-state index in [4.69, 9.17) is 18.0 Å². The van der Waals surface area contributed by atoms with Crippen molar-refractivity contribution >= 4 is 17.9 Å². The molecule has 0 saturated carbocycles. The second kappa shape index (κ2) is 8.88. The fourth-order valence-electron chi connectivity index (χ4n) is 3.69. The lowest BCUT2D eigenvalue weighted by Gasteiger charge is -2.23. The van der Waals surface area contributed by atoms with E-state index in [0.717, 1.165) is 34.7 Å². The van der Waals surface area contributed by atoms with Gasteiger partial charge in [0.2, 0.25) is 0 Å². The van der Waals surface area contributed by atoms with Gasteiger partial charge in [-0.2, -0.15) is 5.10 Å². The first-order valence-electron chi connectivity index (χ1n) is 10.3. The molecular formula is C24H31N5S. The van der Waals surface area contributed by atoms with Crippen molar-refractivity contribution in [2.45, 2.75) is 40.0 Å². The van der Waals surface area contributed by atoms with Crippen molar-refractivity contribution in [2.24, 2.45) is 5.73 Å². The summed E-state index contributed by atoms with van der Waals surface area (Å²) in [6.45, 7) is 13.1. The van der Waals surface area contributed by atoms with Gasteiger partial charge in [0.15, 0.2) is 10.6 Å². The first-order chi connectivity index (χ1) is 14.2. The van der Waals surface area contributed by atoms with E-state index < -0.39 is 0 Å². The lowest BCUT2D eigenvalue weighted by Crippen LogP contribution is -2.24. The molecule has 0 aliphatic carbocycles. The maximum atomic E-state index is 5.86. The number of benzene rings is 2. The summed E-state index contributed by atoms with van der Waals surface area (Å²) in [5, 5.41) is 7.57. The maximum absolute atomic E-state index is 5.86. The highest BCUT2D eigenvalue weighted by Crippen LogP contribution is 2.30. The number of H-pyrrole nitrogens is 1. The molecule has 30 heavy (non-hydrogen) atoms. The minimum absolute atomic E-state index is 0.438. The van der Waals surface area contributed by atoms with E-state index in [0.29, 0.717) is 22.9 Å². The van der Waals surface area contributed by atoms with Gasteiger partial charge in [-0.25, -0.2) is 0 Å². The van der Waals surface area contributed by atoms with Crippen molar-refractivity contribution in [1.82, 2.24) is 14.8 Å². The monoisotopic (exact) mass is 421 g/mol. The van der Waals surface area contributed by atoms with Crippen LogP contribution in [-0.4, -0.2) is 28.4 Å². The van der Waals surface area contributed by atoms with E-state index in [9.17, 15) is 0 Å². The Kier molecular flexibility index (Phi) is 6.46. The lowest BCUT2D eigenvalue weighted by molar-refractivity contribution is 0.865. The second-order valence-electron chi connectivity index (χ2n) is 8.10. The lowest BCUT2D eigenvalue weighted by atomic mass is 9.97. The van der Waals surface area contributed by atoms with Crippen LogP contribution in [0, 0.1) is 11.7 Å². The topological polar surface area (TPSA) is 62.9 Å². The van der Waals surface area contributed by atoms with Crippen LogP contribution in [-0.2, 0) is 6.42 Å². The molecule has 0 radical (unpaired) electrons. The molecule has 3 aromatic rings. The zero-order valence-corrected chi connectivity index (χ0v) is 19.3. The zero-order valence-electron chi connectivity index (χ0n) is 18.5. The third kappa shape index (κ3) is 4.33. The number of aryl methyl sites for hydroxylation is 2. The fraction of sp³-hybridized carbons (Fsp3) is 0.333. The van der Waals surface area contributed by atoms with Crippen molar-refractivity contribution < 1.29 is 0 Å².